The van der Waals surface area contributed by atoms with Crippen molar-refractivity contribution in [3.63, 3.8) is 0 Å². The highest BCUT2D eigenvalue weighted by atomic mass is 16.2. The first-order chi connectivity index (χ1) is 12.5. The van der Waals surface area contributed by atoms with Gasteiger partial charge < -0.3 is 10.3 Å². The van der Waals surface area contributed by atoms with Gasteiger partial charge in [0.15, 0.2) is 11.5 Å². The predicted octanol–water partition coefficient (Wildman–Crippen LogP) is 1.61. The lowest BCUT2D eigenvalue weighted by Gasteiger charge is -2.11. The van der Waals surface area contributed by atoms with E-state index in [9.17, 15) is 9.82 Å². The number of aromatic nitrogens is 4. The molecule has 0 radical (unpaired) electrons. The smallest absolute Gasteiger partial charge is 0.320 e. The fourth-order valence-electron chi connectivity index (χ4n) is 2.81. The SMILES string of the molecule is CCc1ccc(NC(=O)c2nnn(-c3ccccn3)c2C)cc1B(C)O. The van der Waals surface area contributed by atoms with Gasteiger partial charge >= 0.3 is 6.92 Å². The number of carbonyl (C=O) groups is 1. The molecule has 0 saturated heterocycles. The zero-order valence-electron chi connectivity index (χ0n) is 15.0. The molecule has 0 aliphatic rings. The van der Waals surface area contributed by atoms with E-state index in [0.717, 1.165) is 17.4 Å². The van der Waals surface area contributed by atoms with E-state index in [2.05, 4.69) is 20.6 Å². The van der Waals surface area contributed by atoms with E-state index in [-0.39, 0.29) is 11.6 Å². The second-order valence-corrected chi connectivity index (χ2v) is 6.02. The number of carbonyl (C=O) groups excluding carboxylic acids is 1. The molecular weight excluding hydrogens is 329 g/mol. The summed E-state index contributed by atoms with van der Waals surface area (Å²) in [5.41, 5.74) is 3.29. The van der Waals surface area contributed by atoms with Crippen LogP contribution < -0.4 is 10.8 Å². The van der Waals surface area contributed by atoms with E-state index in [4.69, 9.17) is 0 Å². The van der Waals surface area contributed by atoms with Crippen LogP contribution in [0, 0.1) is 6.92 Å². The van der Waals surface area contributed by atoms with Gasteiger partial charge in [0, 0.05) is 11.9 Å². The molecule has 0 fully saturated rings. The number of hydrogen-bond donors (Lipinski definition) is 2. The molecule has 26 heavy (non-hydrogen) atoms. The van der Waals surface area contributed by atoms with Crippen molar-refractivity contribution in [3.05, 3.63) is 59.5 Å². The second kappa shape index (κ2) is 7.49. The Kier molecular flexibility index (Phi) is 5.13. The third kappa shape index (κ3) is 3.50. The summed E-state index contributed by atoms with van der Waals surface area (Å²) in [5, 5.41) is 20.8. The Morgan fingerprint density at radius 1 is 1.31 bits per heavy atom. The summed E-state index contributed by atoms with van der Waals surface area (Å²) < 4.78 is 1.52. The van der Waals surface area contributed by atoms with Crippen molar-refractivity contribution in [2.75, 3.05) is 5.32 Å². The maximum absolute atomic E-state index is 12.6. The third-order valence-electron chi connectivity index (χ3n) is 4.21. The van der Waals surface area contributed by atoms with Crippen LogP contribution in [-0.2, 0) is 6.42 Å². The molecule has 132 valence electrons. The van der Waals surface area contributed by atoms with E-state index < -0.39 is 6.92 Å². The molecule has 0 spiro atoms. The van der Waals surface area contributed by atoms with Gasteiger partial charge in [0.1, 0.15) is 0 Å². The lowest BCUT2D eigenvalue weighted by atomic mass is 9.62. The number of hydrogen-bond acceptors (Lipinski definition) is 5. The van der Waals surface area contributed by atoms with E-state index in [1.807, 2.05) is 31.2 Å². The molecule has 2 N–H and O–H groups in total. The quantitative estimate of drug-likeness (QED) is 0.683. The number of aryl methyl sites for hydroxylation is 1. The number of amides is 1. The Balaban J connectivity index is 1.85. The van der Waals surface area contributed by atoms with Crippen molar-refractivity contribution in [1.29, 1.82) is 0 Å². The standard InChI is InChI=1S/C18H20BN5O2/c1-4-13-8-9-14(11-15(13)19(3)26)21-18(25)17-12(2)24(23-22-17)16-7-5-6-10-20-16/h5-11,26H,4H2,1-3H3,(H,21,25). The molecular formula is C18H20BN5O2. The van der Waals surface area contributed by atoms with Crippen LogP contribution in [0.25, 0.3) is 5.82 Å². The summed E-state index contributed by atoms with van der Waals surface area (Å²) in [5.74, 6) is 0.241. The summed E-state index contributed by atoms with van der Waals surface area (Å²) in [6.07, 6.45) is 2.47. The van der Waals surface area contributed by atoms with Crippen LogP contribution in [0.3, 0.4) is 0 Å². The van der Waals surface area contributed by atoms with E-state index >= 15 is 0 Å². The molecule has 3 rings (SSSR count). The molecule has 0 aliphatic carbocycles. The van der Waals surface area contributed by atoms with Crippen LogP contribution in [0.15, 0.2) is 42.6 Å². The molecule has 1 aromatic carbocycles. The average molecular weight is 349 g/mol. The molecule has 3 aromatic rings. The minimum Gasteiger partial charge on any atom is -0.446 e. The molecule has 0 bridgehead atoms. The van der Waals surface area contributed by atoms with Gasteiger partial charge in [-0.1, -0.05) is 36.7 Å². The van der Waals surface area contributed by atoms with Crippen molar-refractivity contribution in [1.82, 2.24) is 20.0 Å². The first-order valence-electron chi connectivity index (χ1n) is 8.47. The third-order valence-corrected chi connectivity index (χ3v) is 4.21. The number of anilines is 1. The molecule has 0 atom stereocenters. The lowest BCUT2D eigenvalue weighted by Crippen LogP contribution is -2.30. The number of benzene rings is 1. The van der Waals surface area contributed by atoms with Crippen LogP contribution in [0.4, 0.5) is 5.69 Å². The lowest BCUT2D eigenvalue weighted by molar-refractivity contribution is 0.102. The Morgan fingerprint density at radius 3 is 2.77 bits per heavy atom. The van der Waals surface area contributed by atoms with Gasteiger partial charge in [-0.25, -0.2) is 4.98 Å². The van der Waals surface area contributed by atoms with Crippen LogP contribution in [-0.4, -0.2) is 37.8 Å². The van der Waals surface area contributed by atoms with Crippen molar-refractivity contribution in [2.24, 2.45) is 0 Å². The maximum Gasteiger partial charge on any atom is 0.320 e. The molecule has 1 amide bonds. The van der Waals surface area contributed by atoms with Gasteiger partial charge in [-0.05, 0) is 43.1 Å². The molecule has 0 unspecified atom stereocenters. The Bertz CT molecular complexity index is 925. The topological polar surface area (TPSA) is 92.9 Å². The van der Waals surface area contributed by atoms with Gasteiger partial charge in [-0.15, -0.1) is 5.10 Å². The van der Waals surface area contributed by atoms with Gasteiger partial charge in [-0.3, -0.25) is 4.79 Å². The van der Waals surface area contributed by atoms with Crippen LogP contribution >= 0.6 is 0 Å². The maximum atomic E-state index is 12.6. The molecule has 0 aliphatic heterocycles. The van der Waals surface area contributed by atoms with E-state index in [0.29, 0.717) is 17.2 Å². The van der Waals surface area contributed by atoms with Gasteiger partial charge in [0.05, 0.1) is 5.69 Å². The minimum absolute atomic E-state index is 0.230. The number of rotatable bonds is 5. The van der Waals surface area contributed by atoms with Crippen LogP contribution in [0.1, 0.15) is 28.7 Å². The van der Waals surface area contributed by atoms with Gasteiger partial charge in [-0.2, -0.15) is 4.68 Å². The largest absolute Gasteiger partial charge is 0.446 e. The van der Waals surface area contributed by atoms with E-state index in [1.54, 1.807) is 32.1 Å². The normalized spacial score (nSPS) is 10.6. The summed E-state index contributed by atoms with van der Waals surface area (Å²) in [6, 6.07) is 11.0. The molecule has 0 saturated carbocycles. The minimum atomic E-state index is -0.603. The second-order valence-electron chi connectivity index (χ2n) is 6.02. The summed E-state index contributed by atoms with van der Waals surface area (Å²) >= 11 is 0. The van der Waals surface area contributed by atoms with Crippen molar-refractivity contribution >= 4 is 24.0 Å². The zero-order chi connectivity index (χ0) is 18.7. The summed E-state index contributed by atoms with van der Waals surface area (Å²) in [4.78, 5) is 16.8. The molecule has 8 heteroatoms. The van der Waals surface area contributed by atoms with Crippen LogP contribution in [0.5, 0.6) is 0 Å². The number of nitrogens with zero attached hydrogens (tertiary/aromatic N) is 4. The summed E-state index contributed by atoms with van der Waals surface area (Å²) in [7, 11) is 0. The monoisotopic (exact) mass is 349 g/mol. The Hall–Kier alpha value is -3.00. The highest BCUT2D eigenvalue weighted by Crippen LogP contribution is 2.14. The van der Waals surface area contributed by atoms with Gasteiger partial charge in [0.25, 0.3) is 5.91 Å². The zero-order valence-corrected chi connectivity index (χ0v) is 15.0. The van der Waals surface area contributed by atoms with Crippen molar-refractivity contribution in [2.45, 2.75) is 27.1 Å². The highest BCUT2D eigenvalue weighted by molar-refractivity contribution is 6.65. The van der Waals surface area contributed by atoms with Crippen LogP contribution in [0.2, 0.25) is 6.82 Å². The van der Waals surface area contributed by atoms with Crippen molar-refractivity contribution < 1.29 is 9.82 Å². The highest BCUT2D eigenvalue weighted by Gasteiger charge is 2.19. The van der Waals surface area contributed by atoms with E-state index in [1.165, 1.54) is 4.68 Å². The predicted molar refractivity (Wildman–Crippen MR) is 101 cm³/mol. The number of nitrogens with one attached hydrogen (secondary N) is 1. The molecule has 2 heterocycles. The first kappa shape index (κ1) is 17.8. The van der Waals surface area contributed by atoms with Crippen molar-refractivity contribution in [3.8, 4) is 5.82 Å². The number of pyridine rings is 1. The average Bonchev–Trinajstić information content (AvgIpc) is 3.04. The molecule has 2 aromatic heterocycles. The Labute approximate surface area is 152 Å². The van der Waals surface area contributed by atoms with Gasteiger partial charge in [0.2, 0.25) is 0 Å². The fourth-order valence-corrected chi connectivity index (χ4v) is 2.81. The Morgan fingerprint density at radius 2 is 2.12 bits per heavy atom. The summed E-state index contributed by atoms with van der Waals surface area (Å²) in [6.45, 7) is 4.90. The fraction of sp³-hybridized carbons (Fsp3) is 0.222. The molecule has 7 nitrogen and oxygen atoms in total. The first-order valence-corrected chi connectivity index (χ1v) is 8.47.